The third-order valence-corrected chi connectivity index (χ3v) is 5.94. The number of rotatable bonds is 12. The van der Waals surface area contributed by atoms with Gasteiger partial charge in [0.25, 0.3) is 0 Å². The lowest BCUT2D eigenvalue weighted by molar-refractivity contribution is 0.0397. The first-order chi connectivity index (χ1) is 13.4. The van der Waals surface area contributed by atoms with Gasteiger partial charge in [-0.3, -0.25) is 9.05 Å². The van der Waals surface area contributed by atoms with E-state index >= 15 is 0 Å². The average Bonchev–Trinajstić information content (AvgIpc) is 2.53. The summed E-state index contributed by atoms with van der Waals surface area (Å²) >= 11 is 0. The van der Waals surface area contributed by atoms with E-state index in [-0.39, 0.29) is 25.7 Å². The molecule has 0 bridgehead atoms. The zero-order chi connectivity index (χ0) is 23.4. The highest BCUT2D eigenvalue weighted by atomic mass is 31.2. The number of aliphatic hydroxyl groups is 2. The Balaban J connectivity index is 2.63. The third-order valence-electron chi connectivity index (χ3n) is 4.48. The molecule has 0 aliphatic carbocycles. The number of benzene rings is 1. The Morgan fingerprint density at radius 3 is 1.23 bits per heavy atom. The van der Waals surface area contributed by atoms with Gasteiger partial charge >= 0.3 is 15.6 Å². The molecule has 0 amide bonds. The third kappa shape index (κ3) is 11.1. The molecule has 1 aromatic rings. The van der Waals surface area contributed by atoms with Crippen LogP contribution in [0.1, 0.15) is 76.7 Å². The second kappa shape index (κ2) is 10.3. The van der Waals surface area contributed by atoms with Crippen molar-refractivity contribution in [3.05, 3.63) is 35.4 Å². The number of phosphoric acid groups is 2. The lowest BCUT2D eigenvalue weighted by Gasteiger charge is -2.27. The molecule has 2 unspecified atom stereocenters. The van der Waals surface area contributed by atoms with E-state index in [1.165, 1.54) is 27.7 Å². The van der Waals surface area contributed by atoms with Crippen LogP contribution in [0.2, 0.25) is 0 Å². The minimum absolute atomic E-state index is 0.207. The van der Waals surface area contributed by atoms with Gasteiger partial charge in [-0.2, -0.15) is 0 Å². The fraction of sp³-hybridized carbons (Fsp3) is 0.667. The van der Waals surface area contributed by atoms with Gasteiger partial charge in [0.15, 0.2) is 0 Å². The summed E-state index contributed by atoms with van der Waals surface area (Å²) in [6, 6.07) is 6.55. The fourth-order valence-electron chi connectivity index (χ4n) is 2.98. The first kappa shape index (κ1) is 27.4. The Bertz CT molecular complexity index is 701. The quantitative estimate of drug-likeness (QED) is 0.249. The summed E-state index contributed by atoms with van der Waals surface area (Å²) in [7, 11) is -9.26. The van der Waals surface area contributed by atoms with Crippen molar-refractivity contribution in [2.24, 2.45) is 0 Å². The summed E-state index contributed by atoms with van der Waals surface area (Å²) in [5.41, 5.74) is -1.08. The summed E-state index contributed by atoms with van der Waals surface area (Å²) in [4.78, 5) is 35.7. The Morgan fingerprint density at radius 1 is 0.733 bits per heavy atom. The van der Waals surface area contributed by atoms with Crippen LogP contribution in [0, 0.1) is 0 Å². The SMILES string of the molecule is CC(C)(CCC(O)c1ccc(C(O)CCC(C)(C)OP(=O)(O)O)cc1)OP(=O)(O)O. The molecule has 1 rings (SSSR count). The molecule has 0 aliphatic rings. The van der Waals surface area contributed by atoms with Crippen LogP contribution in [0.3, 0.4) is 0 Å². The van der Waals surface area contributed by atoms with Crippen molar-refractivity contribution in [1.29, 1.82) is 0 Å². The zero-order valence-corrected chi connectivity index (χ0v) is 19.3. The van der Waals surface area contributed by atoms with Gasteiger partial charge in [0.2, 0.25) is 0 Å². The molecule has 2 atom stereocenters. The molecule has 0 heterocycles. The lowest BCUT2D eigenvalue weighted by atomic mass is 9.94. The van der Waals surface area contributed by atoms with Gasteiger partial charge < -0.3 is 29.8 Å². The van der Waals surface area contributed by atoms with Gasteiger partial charge in [0, 0.05) is 0 Å². The molecule has 0 saturated carbocycles. The van der Waals surface area contributed by atoms with Gasteiger partial charge in [-0.1, -0.05) is 24.3 Å². The van der Waals surface area contributed by atoms with E-state index in [1.807, 2.05) is 0 Å². The Morgan fingerprint density at radius 2 is 1.00 bits per heavy atom. The van der Waals surface area contributed by atoms with Gasteiger partial charge in [-0.25, -0.2) is 9.13 Å². The summed E-state index contributed by atoms with van der Waals surface area (Å²) in [5.74, 6) is 0. The highest BCUT2D eigenvalue weighted by Crippen LogP contribution is 2.44. The van der Waals surface area contributed by atoms with E-state index < -0.39 is 39.1 Å². The predicted molar refractivity (Wildman–Crippen MR) is 109 cm³/mol. The summed E-state index contributed by atoms with van der Waals surface area (Å²) in [6.45, 7) is 6.09. The van der Waals surface area contributed by atoms with Crippen molar-refractivity contribution in [3.63, 3.8) is 0 Å². The van der Waals surface area contributed by atoms with E-state index in [9.17, 15) is 19.3 Å². The van der Waals surface area contributed by atoms with Crippen molar-refractivity contribution in [2.45, 2.75) is 76.8 Å². The molecule has 0 aliphatic heterocycles. The number of aliphatic hydroxyl groups excluding tert-OH is 2. The van der Waals surface area contributed by atoms with Crippen molar-refractivity contribution >= 4 is 15.6 Å². The van der Waals surface area contributed by atoms with Crippen molar-refractivity contribution in [1.82, 2.24) is 0 Å². The maximum atomic E-state index is 11.0. The number of phosphoric ester groups is 2. The minimum Gasteiger partial charge on any atom is -0.388 e. The maximum Gasteiger partial charge on any atom is 0.470 e. The summed E-state index contributed by atoms with van der Waals surface area (Å²) in [6.07, 6.45) is -0.930. The van der Waals surface area contributed by atoms with Crippen LogP contribution < -0.4 is 0 Å². The van der Waals surface area contributed by atoms with E-state index in [1.54, 1.807) is 24.3 Å². The molecule has 0 aromatic heterocycles. The largest absolute Gasteiger partial charge is 0.470 e. The standard InChI is InChI=1S/C18H32O10P2/c1-17(2,27-29(21,22)23)11-9-15(19)13-5-7-14(8-6-13)16(20)10-12-18(3,4)28-30(24,25)26/h5-8,15-16,19-20H,9-12H2,1-4H3,(H2,21,22,23)(H2,24,25,26). The van der Waals surface area contributed by atoms with Crippen molar-refractivity contribution < 1.29 is 48.0 Å². The molecule has 1 aromatic carbocycles. The molecule has 6 N–H and O–H groups in total. The van der Waals surface area contributed by atoms with E-state index in [2.05, 4.69) is 0 Å². The molecular formula is C18H32O10P2. The first-order valence-corrected chi connectivity index (χ1v) is 12.4. The van der Waals surface area contributed by atoms with Crippen molar-refractivity contribution in [2.75, 3.05) is 0 Å². The van der Waals surface area contributed by atoms with Crippen molar-refractivity contribution in [3.8, 4) is 0 Å². The van der Waals surface area contributed by atoms with E-state index in [0.717, 1.165) is 0 Å². The zero-order valence-electron chi connectivity index (χ0n) is 17.5. The predicted octanol–water partition coefficient (Wildman–Crippen LogP) is 3.09. The van der Waals surface area contributed by atoms with Gasteiger partial charge in [-0.15, -0.1) is 0 Å². The van der Waals surface area contributed by atoms with E-state index in [0.29, 0.717) is 11.1 Å². The van der Waals surface area contributed by atoms with Crippen LogP contribution in [0.25, 0.3) is 0 Å². The molecule has 174 valence electrons. The highest BCUT2D eigenvalue weighted by Gasteiger charge is 2.30. The molecule has 0 spiro atoms. The van der Waals surface area contributed by atoms with Crippen LogP contribution >= 0.6 is 15.6 Å². The van der Waals surface area contributed by atoms with E-state index in [4.69, 9.17) is 28.6 Å². The van der Waals surface area contributed by atoms with Gasteiger partial charge in [0.05, 0.1) is 23.4 Å². The Kier molecular flexibility index (Phi) is 9.42. The Labute approximate surface area is 176 Å². The van der Waals surface area contributed by atoms with Gasteiger partial charge in [-0.05, 0) is 64.5 Å². The topological polar surface area (TPSA) is 174 Å². The number of hydrogen-bond donors (Lipinski definition) is 6. The molecule has 30 heavy (non-hydrogen) atoms. The molecule has 10 nitrogen and oxygen atoms in total. The second-order valence-corrected chi connectivity index (χ2v) is 10.8. The summed E-state index contributed by atoms with van der Waals surface area (Å²) < 4.78 is 31.4. The molecular weight excluding hydrogens is 438 g/mol. The molecule has 12 heteroatoms. The summed E-state index contributed by atoms with van der Waals surface area (Å²) in [5, 5.41) is 20.7. The Hall–Kier alpha value is -0.640. The second-order valence-electron chi connectivity index (χ2n) is 8.46. The minimum atomic E-state index is -4.63. The fourth-order valence-corrected chi connectivity index (χ4v) is 4.45. The maximum absolute atomic E-state index is 11.0. The van der Waals surface area contributed by atoms with Crippen LogP contribution in [0.4, 0.5) is 0 Å². The lowest BCUT2D eigenvalue weighted by Crippen LogP contribution is -2.24. The van der Waals surface area contributed by atoms with Gasteiger partial charge in [0.1, 0.15) is 0 Å². The van der Waals surface area contributed by atoms with Crippen LogP contribution in [0.15, 0.2) is 24.3 Å². The average molecular weight is 470 g/mol. The smallest absolute Gasteiger partial charge is 0.388 e. The molecule has 0 radical (unpaired) electrons. The van der Waals surface area contributed by atoms with Crippen LogP contribution in [0.5, 0.6) is 0 Å². The highest BCUT2D eigenvalue weighted by molar-refractivity contribution is 7.46. The monoisotopic (exact) mass is 470 g/mol. The first-order valence-electron chi connectivity index (χ1n) is 9.38. The molecule has 0 fully saturated rings. The normalized spacial score (nSPS) is 15.8. The van der Waals surface area contributed by atoms with Crippen LogP contribution in [-0.4, -0.2) is 41.0 Å². The molecule has 0 saturated heterocycles. The van der Waals surface area contributed by atoms with Crippen LogP contribution in [-0.2, 0) is 18.2 Å². The number of hydrogen-bond acceptors (Lipinski definition) is 6.